The molecule has 2 aliphatic rings. The molecule has 0 bridgehead atoms. The van der Waals surface area contributed by atoms with Gasteiger partial charge in [0.15, 0.2) is 11.5 Å². The largest absolute Gasteiger partial charge is 0.616 e. The second kappa shape index (κ2) is 11.5. The normalized spacial score (nSPS) is 19.1. The zero-order chi connectivity index (χ0) is 23.0. The summed E-state index contributed by atoms with van der Waals surface area (Å²) in [4.78, 5) is 21.3. The van der Waals surface area contributed by atoms with Gasteiger partial charge < -0.3 is 14.9 Å². The minimum absolute atomic E-state index is 0.136. The summed E-state index contributed by atoms with van der Waals surface area (Å²) in [5.74, 6) is 1.23. The van der Waals surface area contributed by atoms with Crippen molar-refractivity contribution < 1.29 is 9.35 Å². The highest BCUT2D eigenvalue weighted by atomic mass is 32.2. The molecule has 0 saturated carbocycles. The number of carbonyl (C=O) groups excluding carboxylic acids is 1. The maximum absolute atomic E-state index is 12.2. The van der Waals surface area contributed by atoms with Gasteiger partial charge in [-0.1, -0.05) is 41.1 Å². The van der Waals surface area contributed by atoms with Crippen molar-refractivity contribution in [1.29, 1.82) is 5.26 Å². The number of nitrogens with one attached hydrogen (secondary N) is 2. The SMILES string of the molecule is CC(C)(C(/C=C\CNC(=O)c1nc(C#N)c[nH]1)=C/CC1=CCCCC1)N1CC[S+]([O-])CC1. The summed E-state index contributed by atoms with van der Waals surface area (Å²) in [5, 5.41) is 11.7. The van der Waals surface area contributed by atoms with Crippen LogP contribution in [0.15, 0.2) is 41.6 Å². The lowest BCUT2D eigenvalue weighted by molar-refractivity contribution is 0.0948. The first-order chi connectivity index (χ1) is 15.4. The Morgan fingerprint density at radius 2 is 2.19 bits per heavy atom. The van der Waals surface area contributed by atoms with Gasteiger partial charge >= 0.3 is 0 Å². The van der Waals surface area contributed by atoms with E-state index in [4.69, 9.17) is 5.26 Å². The van der Waals surface area contributed by atoms with Crippen molar-refractivity contribution in [3.8, 4) is 6.07 Å². The molecule has 32 heavy (non-hydrogen) atoms. The summed E-state index contributed by atoms with van der Waals surface area (Å²) in [6.07, 6.45) is 16.0. The van der Waals surface area contributed by atoms with Crippen LogP contribution in [0.1, 0.15) is 62.3 Å². The highest BCUT2D eigenvalue weighted by Gasteiger charge is 2.33. The number of carbonyl (C=O) groups is 1. The van der Waals surface area contributed by atoms with Crippen molar-refractivity contribution in [2.24, 2.45) is 0 Å². The number of nitriles is 1. The molecule has 1 aliphatic heterocycles. The second-order valence-corrected chi connectivity index (χ2v) is 10.4. The number of H-pyrrole nitrogens is 1. The van der Waals surface area contributed by atoms with Gasteiger partial charge in [-0.25, -0.2) is 4.98 Å². The Hall–Kier alpha value is -2.34. The molecule has 0 unspecified atom stereocenters. The zero-order valence-corrected chi connectivity index (χ0v) is 19.8. The van der Waals surface area contributed by atoms with Crippen molar-refractivity contribution >= 4 is 17.1 Å². The second-order valence-electron chi connectivity index (χ2n) is 8.72. The summed E-state index contributed by atoms with van der Waals surface area (Å²) in [6, 6.07) is 1.90. The van der Waals surface area contributed by atoms with E-state index >= 15 is 0 Å². The number of aromatic amines is 1. The molecular formula is C24H33N5O2S. The van der Waals surface area contributed by atoms with Crippen LogP contribution in [-0.2, 0) is 11.2 Å². The van der Waals surface area contributed by atoms with Crippen molar-refractivity contribution in [2.45, 2.75) is 51.5 Å². The molecule has 8 heteroatoms. The van der Waals surface area contributed by atoms with Gasteiger partial charge in [0.2, 0.25) is 0 Å². The monoisotopic (exact) mass is 455 g/mol. The average Bonchev–Trinajstić information content (AvgIpc) is 3.29. The van der Waals surface area contributed by atoms with Crippen molar-refractivity contribution in [3.63, 3.8) is 0 Å². The predicted octanol–water partition coefficient (Wildman–Crippen LogP) is 3.23. The van der Waals surface area contributed by atoms with Crippen LogP contribution in [0.3, 0.4) is 0 Å². The fourth-order valence-electron chi connectivity index (χ4n) is 4.15. The van der Waals surface area contributed by atoms with Crippen LogP contribution in [0, 0.1) is 11.3 Å². The molecule has 7 nitrogen and oxygen atoms in total. The molecule has 1 aromatic rings. The van der Waals surface area contributed by atoms with Crippen LogP contribution in [0.5, 0.6) is 0 Å². The number of rotatable bonds is 8. The molecule has 1 aromatic heterocycles. The maximum atomic E-state index is 12.2. The third-order valence-corrected chi connectivity index (χ3v) is 7.51. The van der Waals surface area contributed by atoms with Gasteiger partial charge in [-0.3, -0.25) is 9.69 Å². The molecular weight excluding hydrogens is 422 g/mol. The summed E-state index contributed by atoms with van der Waals surface area (Å²) in [7, 11) is 0. The van der Waals surface area contributed by atoms with Crippen molar-refractivity contribution in [3.05, 3.63) is 53.2 Å². The molecule has 1 aliphatic carbocycles. The lowest BCUT2D eigenvalue weighted by Crippen LogP contribution is -2.52. The van der Waals surface area contributed by atoms with E-state index in [0.717, 1.165) is 31.0 Å². The molecule has 0 radical (unpaired) electrons. The van der Waals surface area contributed by atoms with E-state index in [1.54, 1.807) is 0 Å². The molecule has 2 heterocycles. The Kier molecular flexibility index (Phi) is 8.74. The number of imidazole rings is 1. The van der Waals surface area contributed by atoms with E-state index in [9.17, 15) is 9.35 Å². The van der Waals surface area contributed by atoms with Gasteiger partial charge in [0.05, 0.1) is 0 Å². The smallest absolute Gasteiger partial charge is 0.287 e. The quantitative estimate of drug-likeness (QED) is 0.355. The Morgan fingerprint density at radius 1 is 1.41 bits per heavy atom. The van der Waals surface area contributed by atoms with Crippen LogP contribution < -0.4 is 5.32 Å². The Balaban J connectivity index is 1.67. The lowest BCUT2D eigenvalue weighted by Gasteiger charge is -2.42. The summed E-state index contributed by atoms with van der Waals surface area (Å²) in [5.41, 5.74) is 2.70. The van der Waals surface area contributed by atoms with E-state index < -0.39 is 11.2 Å². The van der Waals surface area contributed by atoms with Crippen LogP contribution >= 0.6 is 0 Å². The molecule has 1 fully saturated rings. The fraction of sp³-hybridized carbons (Fsp3) is 0.542. The highest BCUT2D eigenvalue weighted by molar-refractivity contribution is 7.91. The molecule has 0 atom stereocenters. The van der Waals surface area contributed by atoms with Crippen molar-refractivity contribution in [2.75, 3.05) is 31.1 Å². The fourth-order valence-corrected chi connectivity index (χ4v) is 5.20. The molecule has 0 spiro atoms. The first-order valence-corrected chi connectivity index (χ1v) is 12.8. The predicted molar refractivity (Wildman–Crippen MR) is 128 cm³/mol. The molecule has 0 aromatic carbocycles. The minimum atomic E-state index is -0.711. The van der Waals surface area contributed by atoms with Gasteiger partial charge in [0.1, 0.15) is 17.6 Å². The molecule has 1 amide bonds. The van der Waals surface area contributed by atoms with E-state index in [0.29, 0.717) is 6.54 Å². The molecule has 3 rings (SSSR count). The average molecular weight is 456 g/mol. The zero-order valence-electron chi connectivity index (χ0n) is 19.0. The standard InChI is InChI=1S/C24H33N5O2S/c1-24(2,29-13-15-32(31)16-14-29)20(11-10-19-7-4-3-5-8-19)9-6-12-26-23(30)22-27-18-21(17-25)28-22/h6-7,9,11,18H,3-5,8,10,12-16H2,1-2H3,(H,26,30)(H,27,28)/b9-6-,20-11+. The van der Waals surface area contributed by atoms with Gasteiger partial charge in [-0.05, 0) is 51.5 Å². The minimum Gasteiger partial charge on any atom is -0.616 e. The van der Waals surface area contributed by atoms with Crippen LogP contribution in [0.25, 0.3) is 0 Å². The number of nitrogens with zero attached hydrogens (tertiary/aromatic N) is 3. The highest BCUT2D eigenvalue weighted by Crippen LogP contribution is 2.29. The molecule has 2 N–H and O–H groups in total. The van der Waals surface area contributed by atoms with E-state index in [-0.39, 0.29) is 23.0 Å². The van der Waals surface area contributed by atoms with E-state index in [2.05, 4.69) is 52.3 Å². The van der Waals surface area contributed by atoms with Gasteiger partial charge in [-0.2, -0.15) is 5.26 Å². The van der Waals surface area contributed by atoms with Gasteiger partial charge in [-0.15, -0.1) is 0 Å². The van der Waals surface area contributed by atoms with E-state index in [1.165, 1.54) is 43.0 Å². The number of hydrogen-bond acceptors (Lipinski definition) is 5. The maximum Gasteiger partial charge on any atom is 0.287 e. The molecule has 1 saturated heterocycles. The Labute approximate surface area is 193 Å². The van der Waals surface area contributed by atoms with Crippen molar-refractivity contribution in [1.82, 2.24) is 20.2 Å². The van der Waals surface area contributed by atoms with Gasteiger partial charge in [0, 0.05) is 31.4 Å². The Morgan fingerprint density at radius 3 is 2.84 bits per heavy atom. The third kappa shape index (κ3) is 6.58. The first-order valence-electron chi connectivity index (χ1n) is 11.3. The number of allylic oxidation sites excluding steroid dienone is 3. The third-order valence-electron chi connectivity index (χ3n) is 6.23. The summed E-state index contributed by atoms with van der Waals surface area (Å²) < 4.78 is 11.8. The van der Waals surface area contributed by atoms with Crippen LogP contribution in [0.2, 0.25) is 0 Å². The Bertz CT molecular complexity index is 917. The number of hydrogen-bond donors (Lipinski definition) is 2. The summed E-state index contributed by atoms with van der Waals surface area (Å²) >= 11 is -0.711. The summed E-state index contributed by atoms with van der Waals surface area (Å²) in [6.45, 7) is 6.45. The lowest BCUT2D eigenvalue weighted by atomic mass is 9.88. The van der Waals surface area contributed by atoms with Gasteiger partial charge in [0.25, 0.3) is 5.91 Å². The first kappa shape index (κ1) is 24.3. The van der Waals surface area contributed by atoms with Crippen LogP contribution in [0.4, 0.5) is 0 Å². The molecule has 172 valence electrons. The van der Waals surface area contributed by atoms with E-state index in [1.807, 2.05) is 12.1 Å². The van der Waals surface area contributed by atoms with Crippen LogP contribution in [-0.4, -0.2) is 62.0 Å². The topological polar surface area (TPSA) is 108 Å². The number of aromatic nitrogens is 2. The number of amides is 1.